The molecule has 2 heterocycles. The smallest absolute Gasteiger partial charge is 0.335 e. The number of nitrogens with one attached hydrogen (secondary N) is 3. The van der Waals surface area contributed by atoms with Gasteiger partial charge < -0.3 is 26.8 Å². The Morgan fingerprint density at radius 2 is 1.88 bits per heavy atom. The minimum absolute atomic E-state index is 0.274. The van der Waals surface area contributed by atoms with Gasteiger partial charge in [-0.1, -0.05) is 6.92 Å². The van der Waals surface area contributed by atoms with Crippen LogP contribution in [0.4, 0.5) is 29.2 Å². The zero-order valence-corrected chi connectivity index (χ0v) is 20.0. The van der Waals surface area contributed by atoms with Crippen LogP contribution in [0, 0.1) is 0 Å². The van der Waals surface area contributed by atoms with Crippen molar-refractivity contribution in [3.8, 4) is 0 Å². The summed E-state index contributed by atoms with van der Waals surface area (Å²) in [5.41, 5.74) is 6.28. The first-order valence-electron chi connectivity index (χ1n) is 11.7. The summed E-state index contributed by atoms with van der Waals surface area (Å²) < 4.78 is 0.688. The topological polar surface area (TPSA) is 133 Å². The quantitative estimate of drug-likeness (QED) is 0.198. The molecule has 1 aliphatic heterocycles. The second-order valence-electron chi connectivity index (χ2n) is 8.82. The predicted octanol–water partition coefficient (Wildman–Crippen LogP) is 2.71. The number of piperidine rings is 1. The van der Waals surface area contributed by atoms with Crippen molar-refractivity contribution in [3.05, 3.63) is 24.3 Å². The van der Waals surface area contributed by atoms with Gasteiger partial charge in [0.1, 0.15) is 12.3 Å². The third-order valence-electron chi connectivity index (χ3n) is 6.53. The van der Waals surface area contributed by atoms with E-state index >= 15 is 0 Å². The van der Waals surface area contributed by atoms with Crippen LogP contribution in [0.5, 0.6) is 0 Å². The highest BCUT2D eigenvalue weighted by Gasteiger charge is 2.41. The normalized spacial score (nSPS) is 22.3. The molecule has 0 saturated carbocycles. The number of aliphatic imine (C=N–C) groups is 1. The first-order valence-corrected chi connectivity index (χ1v) is 11.7. The van der Waals surface area contributed by atoms with Crippen LogP contribution in [0.25, 0.3) is 0 Å². The molecule has 0 amide bonds. The van der Waals surface area contributed by atoms with Gasteiger partial charge in [0.2, 0.25) is 11.9 Å². The van der Waals surface area contributed by atoms with E-state index in [-0.39, 0.29) is 6.54 Å². The lowest BCUT2D eigenvalue weighted by atomic mass is 10.00. The molecule has 10 nitrogen and oxygen atoms in total. The summed E-state index contributed by atoms with van der Waals surface area (Å²) in [7, 11) is 1.81. The molecule has 10 heteroatoms. The van der Waals surface area contributed by atoms with Crippen LogP contribution in [0.1, 0.15) is 39.5 Å². The molecular formula is C23H38N9O+. The molecule has 1 saturated heterocycles. The number of hydrogen-bond acceptors (Lipinski definition) is 9. The molecule has 0 bridgehead atoms. The maximum atomic E-state index is 9.97. The fourth-order valence-corrected chi connectivity index (χ4v) is 4.19. The molecule has 1 aliphatic rings. The van der Waals surface area contributed by atoms with Crippen LogP contribution in [0.3, 0.4) is 0 Å². The van der Waals surface area contributed by atoms with E-state index in [1.807, 2.05) is 38.2 Å². The molecule has 1 aromatic carbocycles. The Labute approximate surface area is 196 Å². The van der Waals surface area contributed by atoms with Gasteiger partial charge in [0.15, 0.2) is 0 Å². The molecule has 3 atom stereocenters. The Morgan fingerprint density at radius 3 is 2.52 bits per heavy atom. The third kappa shape index (κ3) is 6.16. The number of anilines is 4. The monoisotopic (exact) mass is 456 g/mol. The number of nitrogens with two attached hydrogens (primary N) is 1. The van der Waals surface area contributed by atoms with Gasteiger partial charge in [-0.2, -0.15) is 4.98 Å². The molecule has 0 aliphatic carbocycles. The van der Waals surface area contributed by atoms with Crippen molar-refractivity contribution < 1.29 is 5.11 Å². The third-order valence-corrected chi connectivity index (χ3v) is 6.53. The lowest BCUT2D eigenvalue weighted by molar-refractivity contribution is 0.0566. The van der Waals surface area contributed by atoms with Crippen molar-refractivity contribution in [2.75, 3.05) is 49.2 Å². The molecular weight excluding hydrogens is 418 g/mol. The van der Waals surface area contributed by atoms with E-state index in [1.54, 1.807) is 0 Å². The second-order valence-corrected chi connectivity index (χ2v) is 8.82. The molecule has 0 radical (unpaired) electrons. The van der Waals surface area contributed by atoms with Crippen LogP contribution in [-0.2, 0) is 0 Å². The fraction of sp³-hybridized carbons (Fsp3) is 0.565. The van der Waals surface area contributed by atoms with Crippen molar-refractivity contribution in [3.63, 3.8) is 0 Å². The van der Waals surface area contributed by atoms with E-state index in [2.05, 4.69) is 39.6 Å². The minimum Gasteiger partial charge on any atom is -0.381 e. The number of benzene rings is 1. The van der Waals surface area contributed by atoms with Crippen LogP contribution < -0.4 is 26.2 Å². The summed E-state index contributed by atoms with van der Waals surface area (Å²) >= 11 is 0. The van der Waals surface area contributed by atoms with Gasteiger partial charge in [0, 0.05) is 18.4 Å². The molecule has 1 aromatic heterocycles. The summed E-state index contributed by atoms with van der Waals surface area (Å²) in [5.74, 6) is 1.78. The standard InChI is InChI=1S/C23H38N9O/c1-5-23(24,33)16-27-18-9-11-19(12-10-18)28-21-29-20(26-4)30-22(31-21)32(15-13-25-3)14-7-6-8-17(32)2/h9-12,17,27,33H,3,5-8,13-16,24H2,1-2,4H3,(H2,26,28,29,30,31)/q+1. The number of rotatable bonds is 11. The molecule has 1 fully saturated rings. The zero-order chi connectivity index (χ0) is 23.9. The van der Waals surface area contributed by atoms with Crippen LogP contribution in [0.2, 0.25) is 0 Å². The Bertz CT molecular complexity index is 919. The summed E-state index contributed by atoms with van der Waals surface area (Å²) in [6, 6.07) is 8.11. The number of aliphatic hydroxyl groups is 1. The first-order chi connectivity index (χ1) is 15.8. The van der Waals surface area contributed by atoms with E-state index in [0.717, 1.165) is 43.3 Å². The highest BCUT2D eigenvalue weighted by Crippen LogP contribution is 2.32. The van der Waals surface area contributed by atoms with Crippen LogP contribution in [-0.4, -0.2) is 71.8 Å². The zero-order valence-electron chi connectivity index (χ0n) is 20.0. The van der Waals surface area contributed by atoms with E-state index in [4.69, 9.17) is 15.7 Å². The van der Waals surface area contributed by atoms with Crippen molar-refractivity contribution in [1.29, 1.82) is 0 Å². The maximum Gasteiger partial charge on any atom is 0.335 e. The van der Waals surface area contributed by atoms with Gasteiger partial charge in [-0.3, -0.25) is 9.48 Å². The summed E-state index contributed by atoms with van der Waals surface area (Å²) in [6.07, 6.45) is 3.95. The highest BCUT2D eigenvalue weighted by atomic mass is 16.3. The van der Waals surface area contributed by atoms with Crippen molar-refractivity contribution in [2.24, 2.45) is 10.7 Å². The molecule has 180 valence electrons. The van der Waals surface area contributed by atoms with Gasteiger partial charge in [0.25, 0.3) is 0 Å². The molecule has 6 N–H and O–H groups in total. The van der Waals surface area contributed by atoms with E-state index in [9.17, 15) is 5.11 Å². The average molecular weight is 457 g/mol. The van der Waals surface area contributed by atoms with Gasteiger partial charge in [-0.25, -0.2) is 0 Å². The van der Waals surface area contributed by atoms with Gasteiger partial charge >= 0.3 is 5.95 Å². The van der Waals surface area contributed by atoms with E-state index < -0.39 is 5.72 Å². The number of nitrogens with zero attached hydrogens (tertiary/aromatic N) is 5. The molecule has 3 rings (SSSR count). The number of aromatic nitrogens is 3. The Balaban J connectivity index is 1.82. The maximum absolute atomic E-state index is 9.97. The number of hydrogen-bond donors (Lipinski definition) is 5. The SMILES string of the molecule is C=NCC[N+]1(c2nc(NC)nc(Nc3ccc(NCC(N)(O)CC)cc3)n2)CCCCC1C. The number of likely N-dealkylation sites (tertiary alicyclic amines) is 1. The lowest BCUT2D eigenvalue weighted by Crippen LogP contribution is -2.60. The Kier molecular flexibility index (Phi) is 8.17. The molecule has 0 spiro atoms. The van der Waals surface area contributed by atoms with E-state index in [0.29, 0.717) is 35.4 Å². The summed E-state index contributed by atoms with van der Waals surface area (Å²) in [6.45, 7) is 10.5. The van der Waals surface area contributed by atoms with Crippen LogP contribution >= 0.6 is 0 Å². The molecule has 33 heavy (non-hydrogen) atoms. The average Bonchev–Trinajstić information content (AvgIpc) is 2.83. The lowest BCUT2D eigenvalue weighted by Gasteiger charge is -2.43. The summed E-state index contributed by atoms with van der Waals surface area (Å²) in [4.78, 5) is 18.2. The molecule has 3 unspecified atom stereocenters. The minimum atomic E-state index is -1.23. The van der Waals surface area contributed by atoms with Crippen molar-refractivity contribution in [2.45, 2.75) is 51.3 Å². The van der Waals surface area contributed by atoms with E-state index in [1.165, 1.54) is 6.42 Å². The summed E-state index contributed by atoms with van der Waals surface area (Å²) in [5, 5.41) is 19.5. The Morgan fingerprint density at radius 1 is 1.18 bits per heavy atom. The van der Waals surface area contributed by atoms with Gasteiger partial charge in [-0.05, 0) is 63.6 Å². The van der Waals surface area contributed by atoms with Gasteiger partial charge in [0.05, 0.1) is 25.7 Å². The Hall–Kier alpha value is -2.82. The van der Waals surface area contributed by atoms with Crippen molar-refractivity contribution >= 4 is 35.9 Å². The number of quaternary nitrogens is 1. The van der Waals surface area contributed by atoms with Crippen molar-refractivity contribution in [1.82, 2.24) is 19.4 Å². The predicted molar refractivity (Wildman–Crippen MR) is 136 cm³/mol. The largest absolute Gasteiger partial charge is 0.381 e. The second kappa shape index (κ2) is 10.9. The van der Waals surface area contributed by atoms with Gasteiger partial charge in [-0.15, -0.1) is 9.97 Å². The highest BCUT2D eigenvalue weighted by molar-refractivity contribution is 5.59. The first kappa shape index (κ1) is 24.8. The fourth-order valence-electron chi connectivity index (χ4n) is 4.19. The molecule has 2 aromatic rings. The van der Waals surface area contributed by atoms with Crippen LogP contribution in [0.15, 0.2) is 29.3 Å².